The van der Waals surface area contributed by atoms with Crippen molar-refractivity contribution in [3.63, 3.8) is 0 Å². The van der Waals surface area contributed by atoms with Crippen LogP contribution in [0.25, 0.3) is 0 Å². The number of nitrogens with one attached hydrogen (secondary N) is 1. The van der Waals surface area contributed by atoms with Gasteiger partial charge < -0.3 is 20.1 Å². The van der Waals surface area contributed by atoms with E-state index in [0.29, 0.717) is 5.56 Å². The molecule has 20 heavy (non-hydrogen) atoms. The molecule has 0 aromatic heterocycles. The maximum Gasteiger partial charge on any atom is 0.328 e. The summed E-state index contributed by atoms with van der Waals surface area (Å²) in [7, 11) is 1.28. The number of para-hydroxylation sites is 1. The first kappa shape index (κ1) is 12.9. The largest absolute Gasteiger partial charge is 0.467 e. The van der Waals surface area contributed by atoms with Gasteiger partial charge in [-0.05, 0) is 6.07 Å². The van der Waals surface area contributed by atoms with Crippen LogP contribution in [0.2, 0.25) is 0 Å². The highest BCUT2D eigenvalue weighted by Crippen LogP contribution is 2.49. The second-order valence-corrected chi connectivity index (χ2v) is 5.19. The first-order chi connectivity index (χ1) is 9.49. The molecule has 2 aliphatic heterocycles. The molecular weight excluding hydrogens is 260 g/mol. The van der Waals surface area contributed by atoms with Crippen LogP contribution in [0.4, 0.5) is 5.69 Å². The Morgan fingerprint density at radius 3 is 2.80 bits per heavy atom. The van der Waals surface area contributed by atoms with Crippen LogP contribution < -0.4 is 5.32 Å². The molecule has 0 radical (unpaired) electrons. The number of anilines is 1. The van der Waals surface area contributed by atoms with Gasteiger partial charge in [-0.3, -0.25) is 4.79 Å². The van der Waals surface area contributed by atoms with Crippen LogP contribution in [0.15, 0.2) is 24.3 Å². The fraction of sp³-hybridized carbons (Fsp3) is 0.429. The van der Waals surface area contributed by atoms with Crippen molar-refractivity contribution in [2.24, 2.45) is 0 Å². The Bertz CT molecular complexity index is 588. The molecule has 106 valence electrons. The van der Waals surface area contributed by atoms with Gasteiger partial charge in [-0.2, -0.15) is 0 Å². The van der Waals surface area contributed by atoms with Gasteiger partial charge in [0.1, 0.15) is 17.8 Å². The minimum Gasteiger partial charge on any atom is -0.467 e. The third-order valence-corrected chi connectivity index (χ3v) is 4.09. The Balaban J connectivity index is 2.06. The SMILES string of the molecule is COC(=O)C1CC2(O)c3ccccc3NC2N1C(C)=O. The maximum atomic E-state index is 11.9. The summed E-state index contributed by atoms with van der Waals surface area (Å²) in [5.74, 6) is -0.788. The van der Waals surface area contributed by atoms with Gasteiger partial charge in [-0.1, -0.05) is 18.2 Å². The van der Waals surface area contributed by atoms with Gasteiger partial charge >= 0.3 is 5.97 Å². The monoisotopic (exact) mass is 276 g/mol. The van der Waals surface area contributed by atoms with Crippen molar-refractivity contribution in [2.45, 2.75) is 31.2 Å². The Hall–Kier alpha value is -2.08. The highest BCUT2D eigenvalue weighted by atomic mass is 16.5. The Labute approximate surface area is 116 Å². The van der Waals surface area contributed by atoms with E-state index in [1.165, 1.54) is 18.9 Å². The van der Waals surface area contributed by atoms with Gasteiger partial charge in [-0.25, -0.2) is 4.79 Å². The predicted octanol–water partition coefficient (Wildman–Crippen LogP) is 0.420. The first-order valence-corrected chi connectivity index (χ1v) is 6.44. The molecule has 1 fully saturated rings. The quantitative estimate of drug-likeness (QED) is 0.727. The third-order valence-electron chi connectivity index (χ3n) is 4.09. The highest BCUT2D eigenvalue weighted by molar-refractivity contribution is 5.86. The number of hydrogen-bond donors (Lipinski definition) is 2. The van der Waals surface area contributed by atoms with Crippen LogP contribution in [-0.4, -0.2) is 41.2 Å². The molecular formula is C14H16N2O4. The average molecular weight is 276 g/mol. The topological polar surface area (TPSA) is 78.9 Å². The molecule has 6 heteroatoms. The molecule has 1 aromatic carbocycles. The first-order valence-electron chi connectivity index (χ1n) is 6.44. The van der Waals surface area contributed by atoms with Crippen LogP contribution in [0.1, 0.15) is 18.9 Å². The molecule has 0 spiro atoms. The molecule has 2 aliphatic rings. The summed E-state index contributed by atoms with van der Waals surface area (Å²) < 4.78 is 4.74. The second-order valence-electron chi connectivity index (χ2n) is 5.19. The second kappa shape index (κ2) is 4.21. The Morgan fingerprint density at radius 2 is 2.15 bits per heavy atom. The van der Waals surface area contributed by atoms with E-state index in [1.54, 1.807) is 6.07 Å². The molecule has 2 heterocycles. The van der Waals surface area contributed by atoms with E-state index in [0.717, 1.165) is 5.69 Å². The van der Waals surface area contributed by atoms with E-state index in [9.17, 15) is 14.7 Å². The highest BCUT2D eigenvalue weighted by Gasteiger charge is 2.59. The van der Waals surface area contributed by atoms with E-state index in [4.69, 9.17) is 4.74 Å². The smallest absolute Gasteiger partial charge is 0.328 e. The van der Waals surface area contributed by atoms with Crippen molar-refractivity contribution in [2.75, 3.05) is 12.4 Å². The number of rotatable bonds is 1. The summed E-state index contributed by atoms with van der Waals surface area (Å²) in [6, 6.07) is 6.56. The molecule has 0 bridgehead atoms. The van der Waals surface area contributed by atoms with Crippen molar-refractivity contribution in [3.8, 4) is 0 Å². The molecule has 0 aliphatic carbocycles. The lowest BCUT2D eigenvalue weighted by Gasteiger charge is -2.29. The number of methoxy groups -OCH3 is 1. The lowest BCUT2D eigenvalue weighted by molar-refractivity contribution is -0.151. The fourth-order valence-electron chi connectivity index (χ4n) is 3.23. The predicted molar refractivity (Wildman–Crippen MR) is 70.7 cm³/mol. The number of ether oxygens (including phenoxy) is 1. The third kappa shape index (κ3) is 1.54. The average Bonchev–Trinajstić information content (AvgIpc) is 2.87. The molecule has 2 N–H and O–H groups in total. The summed E-state index contributed by atoms with van der Waals surface area (Å²) in [6.45, 7) is 1.38. The number of aliphatic hydroxyl groups is 1. The summed E-state index contributed by atoms with van der Waals surface area (Å²) >= 11 is 0. The number of esters is 1. The summed E-state index contributed by atoms with van der Waals surface area (Å²) in [6.07, 6.45) is -0.505. The number of carbonyl (C=O) groups excluding carboxylic acids is 2. The van der Waals surface area contributed by atoms with Gasteiger partial charge in [0.2, 0.25) is 5.91 Å². The number of likely N-dealkylation sites (tertiary alicyclic amines) is 1. The molecule has 1 amide bonds. The van der Waals surface area contributed by atoms with Crippen molar-refractivity contribution in [3.05, 3.63) is 29.8 Å². The van der Waals surface area contributed by atoms with Crippen molar-refractivity contribution >= 4 is 17.6 Å². The molecule has 1 aromatic rings. The van der Waals surface area contributed by atoms with E-state index < -0.39 is 23.8 Å². The van der Waals surface area contributed by atoms with Crippen molar-refractivity contribution in [1.29, 1.82) is 0 Å². The van der Waals surface area contributed by atoms with Crippen LogP contribution in [-0.2, 0) is 19.9 Å². The molecule has 6 nitrogen and oxygen atoms in total. The number of nitrogens with zero attached hydrogens (tertiary/aromatic N) is 1. The Morgan fingerprint density at radius 1 is 1.45 bits per heavy atom. The summed E-state index contributed by atoms with van der Waals surface area (Å²) in [4.78, 5) is 25.1. The zero-order valence-corrected chi connectivity index (χ0v) is 11.3. The molecule has 0 saturated carbocycles. The summed E-state index contributed by atoms with van der Waals surface area (Å²) in [5, 5.41) is 14.1. The van der Waals surface area contributed by atoms with Gasteiger partial charge in [0, 0.05) is 24.6 Å². The molecule has 1 saturated heterocycles. The molecule has 3 atom stereocenters. The minimum absolute atomic E-state index is 0.133. The molecule has 3 rings (SSSR count). The molecule has 3 unspecified atom stereocenters. The van der Waals surface area contributed by atoms with Gasteiger partial charge in [0.15, 0.2) is 0 Å². The Kier molecular flexibility index (Phi) is 2.72. The lowest BCUT2D eigenvalue weighted by atomic mass is 9.91. The number of benzene rings is 1. The van der Waals surface area contributed by atoms with E-state index in [-0.39, 0.29) is 12.3 Å². The number of amides is 1. The van der Waals surface area contributed by atoms with E-state index in [2.05, 4.69) is 5.32 Å². The van der Waals surface area contributed by atoms with E-state index >= 15 is 0 Å². The number of fused-ring (bicyclic) bond motifs is 3. The van der Waals surface area contributed by atoms with Crippen LogP contribution in [0.3, 0.4) is 0 Å². The van der Waals surface area contributed by atoms with Gasteiger partial charge in [-0.15, -0.1) is 0 Å². The lowest BCUT2D eigenvalue weighted by Crippen LogP contribution is -2.49. The van der Waals surface area contributed by atoms with Crippen LogP contribution >= 0.6 is 0 Å². The standard InChI is InChI=1S/C14H16N2O4/c1-8(17)16-11(12(18)20-2)7-14(19)9-5-3-4-6-10(9)15-13(14)16/h3-6,11,13,15,19H,7H2,1-2H3. The summed E-state index contributed by atoms with van der Waals surface area (Å²) in [5.41, 5.74) is 0.235. The number of carbonyl (C=O) groups is 2. The van der Waals surface area contributed by atoms with Gasteiger partial charge in [0.25, 0.3) is 0 Å². The zero-order chi connectivity index (χ0) is 14.5. The van der Waals surface area contributed by atoms with E-state index in [1.807, 2.05) is 18.2 Å². The zero-order valence-electron chi connectivity index (χ0n) is 11.3. The maximum absolute atomic E-state index is 11.9. The fourth-order valence-corrected chi connectivity index (χ4v) is 3.23. The number of hydrogen-bond acceptors (Lipinski definition) is 5. The van der Waals surface area contributed by atoms with Crippen molar-refractivity contribution < 1.29 is 19.4 Å². The van der Waals surface area contributed by atoms with Crippen LogP contribution in [0, 0.1) is 0 Å². The normalized spacial score (nSPS) is 30.4. The van der Waals surface area contributed by atoms with Crippen molar-refractivity contribution in [1.82, 2.24) is 4.90 Å². The van der Waals surface area contributed by atoms with Crippen LogP contribution in [0.5, 0.6) is 0 Å². The van der Waals surface area contributed by atoms with Gasteiger partial charge in [0.05, 0.1) is 7.11 Å². The minimum atomic E-state index is -1.26.